The maximum Gasteiger partial charge on any atom is 0.361 e. The summed E-state index contributed by atoms with van der Waals surface area (Å²) in [4.78, 5) is 17.0. The van der Waals surface area contributed by atoms with E-state index < -0.39 is 5.97 Å². The van der Waals surface area contributed by atoms with Gasteiger partial charge in [-0.2, -0.15) is 0 Å². The summed E-state index contributed by atoms with van der Waals surface area (Å²) in [5, 5.41) is 8.64. The molecule has 0 N–H and O–H groups in total. The third kappa shape index (κ3) is 3.97. The second-order valence-corrected chi connectivity index (χ2v) is 7.31. The van der Waals surface area contributed by atoms with Crippen molar-refractivity contribution in [3.05, 3.63) is 82.0 Å². The molecule has 8 heteroatoms. The van der Waals surface area contributed by atoms with Gasteiger partial charge in [0.15, 0.2) is 5.69 Å². The smallest absolute Gasteiger partial charge is 0.361 e. The number of hydrogen-bond acceptors (Lipinski definition) is 6. The van der Waals surface area contributed by atoms with E-state index >= 15 is 0 Å². The van der Waals surface area contributed by atoms with Crippen molar-refractivity contribution in [3.8, 4) is 17.1 Å². The van der Waals surface area contributed by atoms with Gasteiger partial charge in [0.25, 0.3) is 0 Å². The molecule has 0 radical (unpaired) electrons. The topological polar surface area (TPSA) is 83.0 Å². The van der Waals surface area contributed by atoms with Gasteiger partial charge in [0.1, 0.15) is 18.1 Å². The molecule has 2 heterocycles. The molecular weight excluding hydrogens is 404 g/mol. The van der Waals surface area contributed by atoms with Gasteiger partial charge in [0.2, 0.25) is 5.89 Å². The van der Waals surface area contributed by atoms with E-state index in [1.54, 1.807) is 42.8 Å². The van der Waals surface area contributed by atoms with Crippen molar-refractivity contribution in [2.75, 3.05) is 0 Å². The second-order valence-electron chi connectivity index (χ2n) is 6.88. The van der Waals surface area contributed by atoms with Crippen LogP contribution in [0.1, 0.15) is 33.2 Å². The summed E-state index contributed by atoms with van der Waals surface area (Å²) < 4.78 is 12.7. The molecule has 30 heavy (non-hydrogen) atoms. The molecule has 0 fully saturated rings. The lowest BCUT2D eigenvalue weighted by Gasteiger charge is -2.04. The van der Waals surface area contributed by atoms with Crippen LogP contribution in [0.4, 0.5) is 0 Å². The molecule has 2 aromatic carbocycles. The number of aromatic nitrogens is 4. The Kier molecular flexibility index (Phi) is 5.37. The molecule has 152 valence electrons. The first-order valence-electron chi connectivity index (χ1n) is 9.31. The van der Waals surface area contributed by atoms with Crippen LogP contribution in [0.5, 0.6) is 0 Å². The molecule has 0 unspecified atom stereocenters. The number of esters is 1. The Morgan fingerprint density at radius 1 is 1.07 bits per heavy atom. The summed E-state index contributed by atoms with van der Waals surface area (Å²) in [6.45, 7) is 5.53. The van der Waals surface area contributed by atoms with Crippen molar-refractivity contribution in [3.63, 3.8) is 0 Å². The van der Waals surface area contributed by atoms with Gasteiger partial charge in [-0.15, -0.1) is 5.10 Å². The molecule has 0 aliphatic rings. The van der Waals surface area contributed by atoms with E-state index in [4.69, 9.17) is 20.8 Å². The molecule has 0 aliphatic carbocycles. The summed E-state index contributed by atoms with van der Waals surface area (Å²) in [6.07, 6.45) is 0. The summed E-state index contributed by atoms with van der Waals surface area (Å²) in [5.74, 6) is 0.510. The van der Waals surface area contributed by atoms with Crippen molar-refractivity contribution in [1.82, 2.24) is 20.0 Å². The Morgan fingerprint density at radius 2 is 1.77 bits per heavy atom. The van der Waals surface area contributed by atoms with Crippen LogP contribution < -0.4 is 0 Å². The minimum Gasteiger partial charge on any atom is -0.454 e. The molecule has 0 atom stereocenters. The molecule has 0 amide bonds. The standard InChI is InChI=1S/C22H19ClN4O3/c1-13-4-6-16(7-5-13)21-24-19(15(3)30-21)12-29-22(28)20-14(2)27(26-25-20)18-10-8-17(23)9-11-18/h4-11H,12H2,1-3H3. The molecule has 0 saturated carbocycles. The van der Waals surface area contributed by atoms with Gasteiger partial charge >= 0.3 is 5.97 Å². The highest BCUT2D eigenvalue weighted by Crippen LogP contribution is 2.23. The van der Waals surface area contributed by atoms with Crippen LogP contribution in [0, 0.1) is 20.8 Å². The fraction of sp³-hybridized carbons (Fsp3) is 0.182. The zero-order chi connectivity index (χ0) is 21.3. The SMILES string of the molecule is Cc1ccc(-c2nc(COC(=O)c3nnn(-c4ccc(Cl)cc4)c3C)c(C)o2)cc1. The molecule has 4 rings (SSSR count). The predicted molar refractivity (Wildman–Crippen MR) is 112 cm³/mol. The van der Waals surface area contributed by atoms with Crippen LogP contribution in [-0.2, 0) is 11.3 Å². The van der Waals surface area contributed by atoms with Crippen molar-refractivity contribution < 1.29 is 13.9 Å². The van der Waals surface area contributed by atoms with Gasteiger partial charge in [-0.05, 0) is 57.2 Å². The quantitative estimate of drug-likeness (QED) is 0.427. The van der Waals surface area contributed by atoms with Crippen molar-refractivity contribution in [2.45, 2.75) is 27.4 Å². The van der Waals surface area contributed by atoms with Gasteiger partial charge < -0.3 is 9.15 Å². The number of benzene rings is 2. The van der Waals surface area contributed by atoms with Crippen LogP contribution in [0.25, 0.3) is 17.1 Å². The monoisotopic (exact) mass is 422 g/mol. The van der Waals surface area contributed by atoms with Gasteiger partial charge in [0.05, 0.1) is 11.4 Å². The highest BCUT2D eigenvalue weighted by Gasteiger charge is 2.20. The van der Waals surface area contributed by atoms with Crippen LogP contribution in [0.2, 0.25) is 5.02 Å². The van der Waals surface area contributed by atoms with Crippen molar-refractivity contribution in [1.29, 1.82) is 0 Å². The number of carbonyl (C=O) groups is 1. The zero-order valence-corrected chi connectivity index (χ0v) is 17.5. The maximum atomic E-state index is 12.5. The van der Waals surface area contributed by atoms with E-state index in [-0.39, 0.29) is 12.3 Å². The van der Waals surface area contributed by atoms with E-state index in [0.717, 1.165) is 16.8 Å². The maximum absolute atomic E-state index is 12.5. The number of ether oxygens (including phenoxy) is 1. The van der Waals surface area contributed by atoms with Gasteiger partial charge in [-0.3, -0.25) is 0 Å². The van der Waals surface area contributed by atoms with Gasteiger partial charge in [-0.25, -0.2) is 14.5 Å². The van der Waals surface area contributed by atoms with Crippen molar-refractivity contribution in [2.24, 2.45) is 0 Å². The number of nitrogens with zero attached hydrogens (tertiary/aromatic N) is 4. The fourth-order valence-corrected chi connectivity index (χ4v) is 3.06. The lowest BCUT2D eigenvalue weighted by atomic mass is 10.1. The Morgan fingerprint density at radius 3 is 2.47 bits per heavy atom. The summed E-state index contributed by atoms with van der Waals surface area (Å²) >= 11 is 5.92. The molecule has 2 aromatic heterocycles. The molecular formula is C22H19ClN4O3. The summed E-state index contributed by atoms with van der Waals surface area (Å²) in [7, 11) is 0. The Hall–Kier alpha value is -3.45. The van der Waals surface area contributed by atoms with Crippen LogP contribution >= 0.6 is 11.6 Å². The normalized spacial score (nSPS) is 10.9. The lowest BCUT2D eigenvalue weighted by Crippen LogP contribution is -2.09. The molecule has 0 spiro atoms. The number of oxazole rings is 1. The number of rotatable bonds is 5. The average molecular weight is 423 g/mol. The van der Waals surface area contributed by atoms with Gasteiger partial charge in [0, 0.05) is 10.6 Å². The van der Waals surface area contributed by atoms with E-state index in [1.807, 2.05) is 31.2 Å². The lowest BCUT2D eigenvalue weighted by molar-refractivity contribution is 0.0459. The number of halogens is 1. The average Bonchev–Trinajstić information content (AvgIpc) is 3.30. The predicted octanol–water partition coefficient (Wildman–Crippen LogP) is 4.86. The first-order valence-corrected chi connectivity index (χ1v) is 9.69. The van der Waals surface area contributed by atoms with Gasteiger partial charge in [-0.1, -0.05) is 34.5 Å². The van der Waals surface area contributed by atoms with E-state index in [2.05, 4.69) is 15.3 Å². The summed E-state index contributed by atoms with van der Waals surface area (Å²) in [6, 6.07) is 14.9. The minimum absolute atomic E-state index is 0.0206. The minimum atomic E-state index is -0.577. The largest absolute Gasteiger partial charge is 0.454 e. The number of hydrogen-bond donors (Lipinski definition) is 0. The number of carbonyl (C=O) groups excluding carboxylic acids is 1. The zero-order valence-electron chi connectivity index (χ0n) is 16.7. The first-order chi connectivity index (χ1) is 14.4. The van der Waals surface area contributed by atoms with E-state index in [1.165, 1.54) is 0 Å². The highest BCUT2D eigenvalue weighted by molar-refractivity contribution is 6.30. The van der Waals surface area contributed by atoms with E-state index in [0.29, 0.717) is 28.1 Å². The fourth-order valence-electron chi connectivity index (χ4n) is 2.93. The Balaban J connectivity index is 1.48. The first kappa shape index (κ1) is 19.8. The third-order valence-electron chi connectivity index (χ3n) is 4.69. The molecule has 0 saturated heterocycles. The Bertz CT molecular complexity index is 1190. The van der Waals surface area contributed by atoms with E-state index in [9.17, 15) is 4.79 Å². The Labute approximate surface area is 178 Å². The molecule has 4 aromatic rings. The molecule has 0 aliphatic heterocycles. The van der Waals surface area contributed by atoms with Crippen molar-refractivity contribution >= 4 is 17.6 Å². The highest BCUT2D eigenvalue weighted by atomic mass is 35.5. The summed E-state index contributed by atoms with van der Waals surface area (Å²) in [5.41, 5.74) is 4.03. The second kappa shape index (κ2) is 8.12. The van der Waals surface area contributed by atoms with Crippen LogP contribution in [0.3, 0.4) is 0 Å². The number of aryl methyl sites for hydroxylation is 2. The van der Waals surface area contributed by atoms with Crippen LogP contribution in [0.15, 0.2) is 52.9 Å². The molecule has 7 nitrogen and oxygen atoms in total. The third-order valence-corrected chi connectivity index (χ3v) is 4.94. The van der Waals surface area contributed by atoms with Crippen LogP contribution in [-0.4, -0.2) is 25.9 Å². The molecule has 0 bridgehead atoms.